The minimum Gasteiger partial charge on any atom is -0.325 e. The fourth-order valence-electron chi connectivity index (χ4n) is 5.51. The first-order chi connectivity index (χ1) is 11.9. The number of nitro groups is 1. The Bertz CT molecular complexity index is 683. The highest BCUT2D eigenvalue weighted by Crippen LogP contribution is 2.60. The second-order valence-electron chi connectivity index (χ2n) is 8.19. The van der Waals surface area contributed by atoms with Crippen LogP contribution in [0.4, 0.5) is 11.4 Å². The molecule has 1 N–H and O–H groups in total. The Hall–Kier alpha value is -1.56. The number of nitro benzene ring substituents is 1. The molecule has 4 saturated carbocycles. The van der Waals surface area contributed by atoms with Crippen molar-refractivity contribution in [3.8, 4) is 0 Å². The van der Waals surface area contributed by atoms with E-state index in [1.807, 2.05) is 11.8 Å². The molecule has 4 fully saturated rings. The van der Waals surface area contributed by atoms with Crippen molar-refractivity contribution >= 4 is 29.0 Å². The fraction of sp³-hybridized carbons (Fsp3) is 0.632. The van der Waals surface area contributed by atoms with Crippen LogP contribution in [0.3, 0.4) is 0 Å². The minimum absolute atomic E-state index is 0.00213. The van der Waals surface area contributed by atoms with Gasteiger partial charge in [-0.3, -0.25) is 14.9 Å². The van der Waals surface area contributed by atoms with Crippen molar-refractivity contribution in [2.75, 3.05) is 11.1 Å². The van der Waals surface area contributed by atoms with E-state index in [9.17, 15) is 14.9 Å². The van der Waals surface area contributed by atoms with E-state index in [4.69, 9.17) is 0 Å². The molecule has 4 bridgehead atoms. The highest BCUT2D eigenvalue weighted by atomic mass is 32.2. The van der Waals surface area contributed by atoms with E-state index >= 15 is 0 Å². The van der Waals surface area contributed by atoms with E-state index in [1.54, 1.807) is 13.0 Å². The number of non-ortho nitro benzene ring substituents is 1. The van der Waals surface area contributed by atoms with Gasteiger partial charge in [0.25, 0.3) is 5.69 Å². The largest absolute Gasteiger partial charge is 0.325 e. The average molecular weight is 360 g/mol. The Morgan fingerprint density at radius 2 is 1.84 bits per heavy atom. The third-order valence-corrected chi connectivity index (χ3v) is 7.71. The lowest BCUT2D eigenvalue weighted by Gasteiger charge is -2.56. The van der Waals surface area contributed by atoms with Gasteiger partial charge in [0.2, 0.25) is 5.91 Å². The van der Waals surface area contributed by atoms with Gasteiger partial charge in [-0.25, -0.2) is 0 Å². The third kappa shape index (κ3) is 3.41. The van der Waals surface area contributed by atoms with Crippen LogP contribution in [-0.2, 0) is 4.79 Å². The quantitative estimate of drug-likeness (QED) is 0.618. The highest BCUT2D eigenvalue weighted by Gasteiger charge is 2.51. The summed E-state index contributed by atoms with van der Waals surface area (Å²) in [6, 6.07) is 4.57. The zero-order valence-electron chi connectivity index (χ0n) is 14.5. The number of rotatable bonds is 5. The highest BCUT2D eigenvalue weighted by molar-refractivity contribution is 8.01. The van der Waals surface area contributed by atoms with Crippen LogP contribution in [0.25, 0.3) is 0 Å². The van der Waals surface area contributed by atoms with Gasteiger partial charge in [0.15, 0.2) is 0 Å². The van der Waals surface area contributed by atoms with Crippen LogP contribution in [0, 0.1) is 34.8 Å². The lowest BCUT2D eigenvalue weighted by molar-refractivity contribution is -0.384. The topological polar surface area (TPSA) is 72.2 Å². The molecule has 0 unspecified atom stereocenters. The number of amides is 1. The molecule has 1 aromatic rings. The van der Waals surface area contributed by atoms with Crippen LogP contribution in [0.5, 0.6) is 0 Å². The molecule has 0 saturated heterocycles. The number of hydrogen-bond donors (Lipinski definition) is 1. The second kappa shape index (κ2) is 6.31. The molecule has 1 aromatic carbocycles. The maximum absolute atomic E-state index is 12.4. The van der Waals surface area contributed by atoms with E-state index in [0.717, 1.165) is 23.3 Å². The van der Waals surface area contributed by atoms with Gasteiger partial charge in [-0.1, -0.05) is 0 Å². The minimum atomic E-state index is -0.415. The molecule has 0 aliphatic heterocycles. The normalized spacial score (nSPS) is 32.6. The molecule has 0 atom stereocenters. The van der Waals surface area contributed by atoms with Crippen LogP contribution in [0.1, 0.15) is 44.1 Å². The molecule has 0 spiro atoms. The van der Waals surface area contributed by atoms with Crippen molar-refractivity contribution in [1.82, 2.24) is 0 Å². The molecular weight excluding hydrogens is 336 g/mol. The fourth-order valence-corrected chi connectivity index (χ4v) is 7.08. The van der Waals surface area contributed by atoms with Crippen LogP contribution in [0.2, 0.25) is 0 Å². The summed E-state index contributed by atoms with van der Waals surface area (Å²) in [5.74, 6) is 3.14. The Morgan fingerprint density at radius 1 is 1.24 bits per heavy atom. The van der Waals surface area contributed by atoms with Gasteiger partial charge in [0.1, 0.15) is 0 Å². The second-order valence-corrected chi connectivity index (χ2v) is 9.64. The summed E-state index contributed by atoms with van der Waals surface area (Å²) in [7, 11) is 0. The summed E-state index contributed by atoms with van der Waals surface area (Å²) >= 11 is 1.85. The maximum atomic E-state index is 12.4. The van der Waals surface area contributed by atoms with Crippen molar-refractivity contribution in [3.63, 3.8) is 0 Å². The van der Waals surface area contributed by atoms with Crippen molar-refractivity contribution in [2.24, 2.45) is 17.8 Å². The van der Waals surface area contributed by atoms with E-state index in [0.29, 0.717) is 16.2 Å². The van der Waals surface area contributed by atoms with Crippen LogP contribution in [0.15, 0.2) is 18.2 Å². The third-order valence-electron chi connectivity index (χ3n) is 6.19. The molecule has 25 heavy (non-hydrogen) atoms. The Labute approximate surface area is 152 Å². The van der Waals surface area contributed by atoms with Crippen LogP contribution >= 0.6 is 11.8 Å². The van der Waals surface area contributed by atoms with Crippen molar-refractivity contribution in [2.45, 2.75) is 50.2 Å². The molecule has 5 nitrogen and oxygen atoms in total. The van der Waals surface area contributed by atoms with Gasteiger partial charge in [-0.2, -0.15) is 0 Å². The first-order valence-corrected chi connectivity index (χ1v) is 10.1. The van der Waals surface area contributed by atoms with Crippen LogP contribution < -0.4 is 5.32 Å². The number of nitrogens with one attached hydrogen (secondary N) is 1. The molecule has 5 rings (SSSR count). The first-order valence-electron chi connectivity index (χ1n) is 9.11. The average Bonchev–Trinajstić information content (AvgIpc) is 2.53. The van der Waals surface area contributed by atoms with Gasteiger partial charge in [0.05, 0.1) is 10.7 Å². The maximum Gasteiger partial charge on any atom is 0.269 e. The zero-order valence-corrected chi connectivity index (χ0v) is 15.3. The summed E-state index contributed by atoms with van der Waals surface area (Å²) < 4.78 is 0.330. The smallest absolute Gasteiger partial charge is 0.269 e. The van der Waals surface area contributed by atoms with Crippen molar-refractivity contribution in [1.29, 1.82) is 0 Å². The number of aryl methyl sites for hydroxylation is 1. The SMILES string of the molecule is Cc1cc([N+](=O)[O-])ccc1NC(=O)CSC12CC3CC(CC(C3)C1)C2. The molecule has 0 radical (unpaired) electrons. The first kappa shape index (κ1) is 16.9. The molecule has 4 aliphatic carbocycles. The number of benzene rings is 1. The zero-order chi connectivity index (χ0) is 17.6. The van der Waals surface area contributed by atoms with Crippen LogP contribution in [-0.4, -0.2) is 21.3 Å². The summed E-state index contributed by atoms with van der Waals surface area (Å²) in [6.45, 7) is 1.79. The van der Waals surface area contributed by atoms with Crippen molar-refractivity contribution in [3.05, 3.63) is 33.9 Å². The molecule has 4 aliphatic rings. The summed E-state index contributed by atoms with van der Waals surface area (Å²) in [5, 5.41) is 13.7. The van der Waals surface area contributed by atoms with Gasteiger partial charge in [-0.15, -0.1) is 11.8 Å². The van der Waals surface area contributed by atoms with Crippen molar-refractivity contribution < 1.29 is 9.72 Å². The predicted octanol–water partition coefficient (Wildman–Crippen LogP) is 4.54. The molecule has 1 amide bonds. The summed E-state index contributed by atoms with van der Waals surface area (Å²) in [6.07, 6.45) is 8.09. The molecule has 6 heteroatoms. The summed E-state index contributed by atoms with van der Waals surface area (Å²) in [4.78, 5) is 22.8. The molecule has 134 valence electrons. The van der Waals surface area contributed by atoms with Gasteiger partial charge >= 0.3 is 0 Å². The lowest BCUT2D eigenvalue weighted by Crippen LogP contribution is -2.49. The van der Waals surface area contributed by atoms with Gasteiger partial charge < -0.3 is 5.32 Å². The van der Waals surface area contributed by atoms with Gasteiger partial charge in [0, 0.05) is 22.6 Å². The number of hydrogen-bond acceptors (Lipinski definition) is 4. The number of thioether (sulfide) groups is 1. The Balaban J connectivity index is 1.36. The predicted molar refractivity (Wildman–Crippen MR) is 99.8 cm³/mol. The number of carbonyl (C=O) groups is 1. The lowest BCUT2D eigenvalue weighted by atomic mass is 9.56. The Kier molecular flexibility index (Phi) is 4.26. The molecule has 0 aromatic heterocycles. The molecular formula is C19H24N2O3S. The summed E-state index contributed by atoms with van der Waals surface area (Å²) in [5.41, 5.74) is 1.45. The van der Waals surface area contributed by atoms with E-state index in [-0.39, 0.29) is 11.6 Å². The van der Waals surface area contributed by atoms with E-state index < -0.39 is 4.92 Å². The van der Waals surface area contributed by atoms with E-state index in [1.165, 1.54) is 50.7 Å². The van der Waals surface area contributed by atoms with E-state index in [2.05, 4.69) is 5.32 Å². The monoisotopic (exact) mass is 360 g/mol. The number of carbonyl (C=O) groups excluding carboxylic acids is 1. The van der Waals surface area contributed by atoms with Gasteiger partial charge in [-0.05, 0) is 74.8 Å². The standard InChI is InChI=1S/C19H24N2O3S/c1-12-4-16(21(23)24)2-3-17(12)20-18(22)11-25-19-8-13-5-14(9-19)7-15(6-13)10-19/h2-4,13-15H,5-11H2,1H3,(H,20,22). The Morgan fingerprint density at radius 3 is 2.36 bits per heavy atom. The molecule has 0 heterocycles. The number of nitrogens with zero attached hydrogens (tertiary/aromatic N) is 1. The number of anilines is 1.